The van der Waals surface area contributed by atoms with Gasteiger partial charge in [0, 0.05) is 6.00 Å². The Morgan fingerprint density at radius 2 is 2.10 bits per heavy atom. The van der Waals surface area contributed by atoms with Crippen molar-refractivity contribution < 1.29 is 28.3 Å². The summed E-state index contributed by atoms with van der Waals surface area (Å²) >= 11 is 0. The van der Waals surface area contributed by atoms with Crippen LogP contribution in [-0.2, 0) is 25.2 Å². The molecule has 21 heavy (non-hydrogen) atoms. The Kier molecular flexibility index (Phi) is 5.59. The quantitative estimate of drug-likeness (QED) is 0.635. The number of ether oxygens (including phenoxy) is 2. The highest BCUT2D eigenvalue weighted by Crippen LogP contribution is 2.44. The second-order valence-electron chi connectivity index (χ2n) is 5.00. The minimum Gasteiger partial charge on any atom is -0.452 e. The SMILES string of the molecule is B[C@H]1CC[C@@H](COP(=O)(O)C(=O)OCc2ccccc2)O1. The maximum atomic E-state index is 11.8. The molecule has 3 atom stereocenters. The van der Waals surface area contributed by atoms with E-state index in [1.807, 2.05) is 13.9 Å². The molecule has 8 heteroatoms. The lowest BCUT2D eigenvalue weighted by molar-refractivity contribution is 0.0466. The van der Waals surface area contributed by atoms with E-state index in [0.29, 0.717) is 0 Å². The summed E-state index contributed by atoms with van der Waals surface area (Å²) < 4.78 is 26.9. The van der Waals surface area contributed by atoms with Gasteiger partial charge in [-0.3, -0.25) is 4.52 Å². The summed E-state index contributed by atoms with van der Waals surface area (Å²) in [7, 11) is -2.51. The molecule has 1 unspecified atom stereocenters. The van der Waals surface area contributed by atoms with Crippen LogP contribution >= 0.6 is 7.60 Å². The first-order chi connectivity index (χ1) is 9.97. The molecule has 0 amide bonds. The van der Waals surface area contributed by atoms with E-state index in [9.17, 15) is 14.3 Å². The van der Waals surface area contributed by atoms with Crippen molar-refractivity contribution in [3.05, 3.63) is 35.9 Å². The lowest BCUT2D eigenvalue weighted by Crippen LogP contribution is -2.18. The monoisotopic (exact) mass is 312 g/mol. The van der Waals surface area contributed by atoms with Crippen LogP contribution in [-0.4, -0.2) is 37.2 Å². The number of benzene rings is 1. The molecule has 1 N–H and O–H groups in total. The normalized spacial score (nSPS) is 24.4. The van der Waals surface area contributed by atoms with Crippen LogP contribution in [0, 0.1) is 0 Å². The van der Waals surface area contributed by atoms with Crippen LogP contribution in [0.2, 0.25) is 0 Å². The van der Waals surface area contributed by atoms with Gasteiger partial charge in [0.15, 0.2) is 0 Å². The van der Waals surface area contributed by atoms with Crippen LogP contribution in [0.15, 0.2) is 30.3 Å². The van der Waals surface area contributed by atoms with Crippen LogP contribution in [0.4, 0.5) is 4.79 Å². The van der Waals surface area contributed by atoms with E-state index in [1.165, 1.54) is 0 Å². The lowest BCUT2D eigenvalue weighted by atomic mass is 9.97. The maximum absolute atomic E-state index is 11.8. The summed E-state index contributed by atoms with van der Waals surface area (Å²) in [6.07, 6.45) is 1.38. The molecule has 0 radical (unpaired) electrons. The molecule has 2 rings (SSSR count). The van der Waals surface area contributed by atoms with Crippen LogP contribution in [0.25, 0.3) is 0 Å². The van der Waals surface area contributed by atoms with Crippen LogP contribution < -0.4 is 0 Å². The zero-order chi connectivity index (χ0) is 15.3. The summed E-state index contributed by atoms with van der Waals surface area (Å²) in [5.74, 6) is 0. The number of hydrogen-bond acceptors (Lipinski definition) is 5. The second-order valence-corrected chi connectivity index (χ2v) is 6.67. The minimum absolute atomic E-state index is 0.0649. The van der Waals surface area contributed by atoms with E-state index in [4.69, 9.17) is 14.0 Å². The van der Waals surface area contributed by atoms with Gasteiger partial charge in [0.2, 0.25) is 0 Å². The molecule has 1 aliphatic heterocycles. The van der Waals surface area contributed by atoms with E-state index >= 15 is 0 Å². The molecular weight excluding hydrogens is 294 g/mol. The fraction of sp³-hybridized carbons (Fsp3) is 0.462. The van der Waals surface area contributed by atoms with Crippen LogP contribution in [0.5, 0.6) is 0 Å². The average molecular weight is 312 g/mol. The predicted molar refractivity (Wildman–Crippen MR) is 78.8 cm³/mol. The van der Waals surface area contributed by atoms with Crippen molar-refractivity contribution >= 4 is 21.2 Å². The number of carbonyl (C=O) groups is 1. The third kappa shape index (κ3) is 4.97. The van der Waals surface area contributed by atoms with Gasteiger partial charge in [0.25, 0.3) is 0 Å². The zero-order valence-electron chi connectivity index (χ0n) is 11.8. The molecule has 0 saturated carbocycles. The molecule has 1 fully saturated rings. The van der Waals surface area contributed by atoms with Gasteiger partial charge >= 0.3 is 13.3 Å². The van der Waals surface area contributed by atoms with Gasteiger partial charge in [-0.1, -0.05) is 30.3 Å². The summed E-state index contributed by atoms with van der Waals surface area (Å²) in [5, 5.41) is 0. The highest BCUT2D eigenvalue weighted by atomic mass is 31.2. The number of hydrogen-bond donors (Lipinski definition) is 1. The third-order valence-corrected chi connectivity index (χ3v) is 4.28. The first-order valence-electron chi connectivity index (χ1n) is 6.81. The van der Waals surface area contributed by atoms with Gasteiger partial charge in [-0.2, -0.15) is 0 Å². The van der Waals surface area contributed by atoms with Gasteiger partial charge < -0.3 is 14.4 Å². The van der Waals surface area contributed by atoms with Gasteiger partial charge in [-0.05, 0) is 18.4 Å². The molecule has 6 nitrogen and oxygen atoms in total. The highest BCUT2D eigenvalue weighted by molar-refractivity contribution is 7.70. The summed E-state index contributed by atoms with van der Waals surface area (Å²) in [6, 6.07) is 9.03. The Bertz CT molecular complexity index is 523. The van der Waals surface area contributed by atoms with Crippen molar-refractivity contribution in [1.82, 2.24) is 0 Å². The average Bonchev–Trinajstić information content (AvgIpc) is 2.89. The third-order valence-electron chi connectivity index (χ3n) is 3.19. The molecular formula is C13H18BO6P. The second kappa shape index (κ2) is 7.23. The first-order valence-corrected chi connectivity index (χ1v) is 8.39. The van der Waals surface area contributed by atoms with Crippen molar-refractivity contribution in [2.45, 2.75) is 31.6 Å². The zero-order valence-corrected chi connectivity index (χ0v) is 12.7. The molecule has 0 aliphatic carbocycles. The van der Waals surface area contributed by atoms with Crippen molar-refractivity contribution in [3.63, 3.8) is 0 Å². The molecule has 0 aromatic heterocycles. The van der Waals surface area contributed by atoms with E-state index in [1.54, 1.807) is 24.3 Å². The standard InChI is InChI=1S/C13H18BO6P/c14-12-7-6-11(20-12)9-19-21(16,17)13(15)18-8-10-4-2-1-3-5-10/h1-5,11-12H,6-9,14H2,(H,16,17)/t11-,12+/m0/s1. The highest BCUT2D eigenvalue weighted by Gasteiger charge is 2.35. The Morgan fingerprint density at radius 1 is 1.38 bits per heavy atom. The summed E-state index contributed by atoms with van der Waals surface area (Å²) in [4.78, 5) is 21.2. The van der Waals surface area contributed by atoms with Gasteiger partial charge in [-0.25, -0.2) is 9.36 Å². The smallest absolute Gasteiger partial charge is 0.435 e. The van der Waals surface area contributed by atoms with Crippen LogP contribution in [0.3, 0.4) is 0 Å². The Morgan fingerprint density at radius 3 is 2.71 bits per heavy atom. The largest absolute Gasteiger partial charge is 0.452 e. The van der Waals surface area contributed by atoms with Gasteiger partial charge in [0.1, 0.15) is 14.5 Å². The molecule has 1 aliphatic rings. The Labute approximate surface area is 124 Å². The van der Waals surface area contributed by atoms with Gasteiger partial charge in [-0.15, -0.1) is 0 Å². The van der Waals surface area contributed by atoms with E-state index < -0.39 is 13.3 Å². The Balaban J connectivity index is 1.78. The lowest BCUT2D eigenvalue weighted by Gasteiger charge is -2.15. The molecule has 1 saturated heterocycles. The predicted octanol–water partition coefficient (Wildman–Crippen LogP) is 1.66. The van der Waals surface area contributed by atoms with Crippen molar-refractivity contribution in [2.24, 2.45) is 0 Å². The van der Waals surface area contributed by atoms with Crippen molar-refractivity contribution in [2.75, 3.05) is 6.61 Å². The van der Waals surface area contributed by atoms with Crippen LogP contribution in [0.1, 0.15) is 18.4 Å². The van der Waals surface area contributed by atoms with Gasteiger partial charge in [0.05, 0.1) is 12.7 Å². The molecule has 1 aromatic rings. The number of carbonyl (C=O) groups excluding carboxylic acids is 1. The molecule has 1 heterocycles. The fourth-order valence-corrected chi connectivity index (χ4v) is 2.75. The number of rotatable bonds is 6. The first kappa shape index (κ1) is 16.2. The van der Waals surface area contributed by atoms with E-state index in [-0.39, 0.29) is 25.3 Å². The van der Waals surface area contributed by atoms with E-state index in [2.05, 4.69) is 0 Å². The minimum atomic E-state index is -4.43. The van der Waals surface area contributed by atoms with Crippen molar-refractivity contribution in [1.29, 1.82) is 0 Å². The maximum Gasteiger partial charge on any atom is 0.435 e. The molecule has 0 spiro atoms. The fourth-order valence-electron chi connectivity index (χ4n) is 2.05. The topological polar surface area (TPSA) is 82.1 Å². The summed E-state index contributed by atoms with van der Waals surface area (Å²) in [5.41, 5.74) is -0.504. The van der Waals surface area contributed by atoms with E-state index in [0.717, 1.165) is 18.4 Å². The van der Waals surface area contributed by atoms with Crippen molar-refractivity contribution in [3.8, 4) is 0 Å². The molecule has 0 bridgehead atoms. The molecule has 1 aromatic carbocycles. The molecule has 114 valence electrons. The Hall–Kier alpha value is -1.14. The summed E-state index contributed by atoms with van der Waals surface area (Å²) in [6.45, 7) is -0.150.